The number of carbonyl (C=O) groups excluding carboxylic acids is 1. The van der Waals surface area contributed by atoms with Crippen molar-refractivity contribution in [1.29, 1.82) is 5.26 Å². The smallest absolute Gasteiger partial charge is 0.347 e. The summed E-state index contributed by atoms with van der Waals surface area (Å²) in [6, 6.07) is 18.3. The molecule has 1 heterocycles. The average Bonchev–Trinajstić information content (AvgIpc) is 3.16. The van der Waals surface area contributed by atoms with Crippen LogP contribution < -0.4 is 4.74 Å². The van der Waals surface area contributed by atoms with Gasteiger partial charge in [0, 0.05) is 11.8 Å². The zero-order valence-corrected chi connectivity index (χ0v) is 14.2. The maximum atomic E-state index is 12.1. The summed E-state index contributed by atoms with van der Waals surface area (Å²) < 4.78 is 12.5. The molecule has 0 aliphatic heterocycles. The van der Waals surface area contributed by atoms with E-state index in [1.165, 1.54) is 0 Å². The monoisotopic (exact) mass is 347 g/mol. The summed E-state index contributed by atoms with van der Waals surface area (Å²) in [4.78, 5) is 12.1. The molecule has 0 N–H and O–H groups in total. The molecule has 0 bridgehead atoms. The van der Waals surface area contributed by atoms with Crippen LogP contribution in [0.25, 0.3) is 5.69 Å². The number of benzene rings is 2. The van der Waals surface area contributed by atoms with Crippen LogP contribution in [0.15, 0.2) is 67.0 Å². The fourth-order valence-electron chi connectivity index (χ4n) is 2.29. The van der Waals surface area contributed by atoms with E-state index in [2.05, 4.69) is 5.10 Å². The SMILES string of the molecule is CC(Oc1ccc(C#N)cc1)C(=O)OCc1cnn(-c2ccccc2)c1. The summed E-state index contributed by atoms with van der Waals surface area (Å²) in [7, 11) is 0. The van der Waals surface area contributed by atoms with E-state index in [9.17, 15) is 4.79 Å². The molecule has 0 amide bonds. The number of aromatic nitrogens is 2. The van der Waals surface area contributed by atoms with Gasteiger partial charge in [0.15, 0.2) is 6.10 Å². The van der Waals surface area contributed by atoms with Gasteiger partial charge in [0.2, 0.25) is 0 Å². The number of hydrogen-bond donors (Lipinski definition) is 0. The Bertz CT molecular complexity index is 911. The highest BCUT2D eigenvalue weighted by molar-refractivity contribution is 5.74. The van der Waals surface area contributed by atoms with Crippen LogP contribution in [0.4, 0.5) is 0 Å². The third-order valence-corrected chi connectivity index (χ3v) is 3.67. The molecule has 3 rings (SSSR count). The minimum atomic E-state index is -0.757. The molecule has 0 saturated carbocycles. The van der Waals surface area contributed by atoms with E-state index in [0.717, 1.165) is 11.3 Å². The molecule has 0 fully saturated rings. The fourth-order valence-corrected chi connectivity index (χ4v) is 2.29. The van der Waals surface area contributed by atoms with Crippen molar-refractivity contribution in [3.8, 4) is 17.5 Å². The van der Waals surface area contributed by atoms with Crippen LogP contribution in [-0.2, 0) is 16.1 Å². The zero-order chi connectivity index (χ0) is 18.4. The highest BCUT2D eigenvalue weighted by atomic mass is 16.6. The molecule has 0 aliphatic rings. The molecule has 0 saturated heterocycles. The van der Waals surface area contributed by atoms with Crippen LogP contribution in [-0.4, -0.2) is 21.9 Å². The minimum Gasteiger partial charge on any atom is -0.479 e. The lowest BCUT2D eigenvalue weighted by Gasteiger charge is -2.13. The van der Waals surface area contributed by atoms with Gasteiger partial charge >= 0.3 is 5.97 Å². The van der Waals surface area contributed by atoms with E-state index in [-0.39, 0.29) is 6.61 Å². The van der Waals surface area contributed by atoms with Crippen molar-refractivity contribution in [2.45, 2.75) is 19.6 Å². The Kier molecular flexibility index (Phi) is 5.30. The summed E-state index contributed by atoms with van der Waals surface area (Å²) in [6.45, 7) is 1.74. The molecule has 2 aromatic carbocycles. The van der Waals surface area contributed by atoms with Crippen molar-refractivity contribution in [2.24, 2.45) is 0 Å². The molecule has 6 heteroatoms. The van der Waals surface area contributed by atoms with Crippen molar-refractivity contribution >= 4 is 5.97 Å². The first-order valence-electron chi connectivity index (χ1n) is 8.08. The van der Waals surface area contributed by atoms with Crippen LogP contribution in [0.3, 0.4) is 0 Å². The van der Waals surface area contributed by atoms with Crippen molar-refractivity contribution in [3.63, 3.8) is 0 Å². The second-order valence-corrected chi connectivity index (χ2v) is 5.63. The predicted octanol–water partition coefficient (Wildman–Crippen LogP) is 3.25. The standard InChI is InChI=1S/C20H17N3O3/c1-15(26-19-9-7-16(11-21)8-10-19)20(24)25-14-17-12-22-23(13-17)18-5-3-2-4-6-18/h2-10,12-13,15H,14H2,1H3. The van der Waals surface area contributed by atoms with Crippen molar-refractivity contribution in [3.05, 3.63) is 78.1 Å². The van der Waals surface area contributed by atoms with Gasteiger partial charge in [-0.25, -0.2) is 9.48 Å². The lowest BCUT2D eigenvalue weighted by Crippen LogP contribution is -2.25. The number of nitriles is 1. The highest BCUT2D eigenvalue weighted by Crippen LogP contribution is 2.14. The molecule has 130 valence electrons. The maximum absolute atomic E-state index is 12.1. The number of hydrogen-bond acceptors (Lipinski definition) is 5. The third-order valence-electron chi connectivity index (χ3n) is 3.67. The molecule has 1 aromatic heterocycles. The first-order valence-corrected chi connectivity index (χ1v) is 8.08. The summed E-state index contributed by atoms with van der Waals surface area (Å²) in [5.41, 5.74) is 2.25. The fraction of sp³-hybridized carbons (Fsp3) is 0.150. The summed E-state index contributed by atoms with van der Waals surface area (Å²) in [6.07, 6.45) is 2.72. The van der Waals surface area contributed by atoms with Crippen LogP contribution >= 0.6 is 0 Å². The normalized spacial score (nSPS) is 11.4. The molecule has 26 heavy (non-hydrogen) atoms. The Hall–Kier alpha value is -3.59. The third kappa shape index (κ3) is 4.28. The van der Waals surface area contributed by atoms with Crippen LogP contribution in [0.1, 0.15) is 18.1 Å². The lowest BCUT2D eigenvalue weighted by molar-refractivity contribution is -0.152. The van der Waals surface area contributed by atoms with Crippen molar-refractivity contribution in [2.75, 3.05) is 0 Å². The van der Waals surface area contributed by atoms with Crippen molar-refractivity contribution in [1.82, 2.24) is 9.78 Å². The van der Waals surface area contributed by atoms with Gasteiger partial charge in [0.1, 0.15) is 12.4 Å². The van der Waals surface area contributed by atoms with E-state index in [0.29, 0.717) is 11.3 Å². The van der Waals surface area contributed by atoms with Gasteiger partial charge in [-0.05, 0) is 43.3 Å². The topological polar surface area (TPSA) is 77.1 Å². The Morgan fingerprint density at radius 2 is 1.92 bits per heavy atom. The molecular weight excluding hydrogens is 330 g/mol. The Morgan fingerprint density at radius 3 is 2.62 bits per heavy atom. The van der Waals surface area contributed by atoms with Gasteiger partial charge in [-0.2, -0.15) is 10.4 Å². The molecule has 6 nitrogen and oxygen atoms in total. The van der Waals surface area contributed by atoms with Gasteiger partial charge in [-0.1, -0.05) is 18.2 Å². The van der Waals surface area contributed by atoms with Crippen LogP contribution in [0.2, 0.25) is 0 Å². The van der Waals surface area contributed by atoms with Crippen LogP contribution in [0, 0.1) is 11.3 Å². The first-order chi connectivity index (χ1) is 12.7. The second kappa shape index (κ2) is 7.99. The zero-order valence-electron chi connectivity index (χ0n) is 14.2. The number of esters is 1. The molecule has 0 aliphatic carbocycles. The quantitative estimate of drug-likeness (QED) is 0.640. The number of nitrogens with zero attached hydrogens (tertiary/aromatic N) is 3. The molecule has 0 spiro atoms. The van der Waals surface area contributed by atoms with E-state index in [1.807, 2.05) is 42.6 Å². The molecule has 1 atom stereocenters. The Labute approximate surface area is 151 Å². The van der Waals surface area contributed by atoms with Gasteiger partial charge in [0.05, 0.1) is 23.5 Å². The predicted molar refractivity (Wildman–Crippen MR) is 94.6 cm³/mol. The summed E-state index contributed by atoms with van der Waals surface area (Å²) >= 11 is 0. The van der Waals surface area contributed by atoms with Gasteiger partial charge in [-0.3, -0.25) is 0 Å². The van der Waals surface area contributed by atoms with E-state index in [1.54, 1.807) is 42.1 Å². The van der Waals surface area contributed by atoms with E-state index in [4.69, 9.17) is 14.7 Å². The lowest BCUT2D eigenvalue weighted by atomic mass is 10.2. The van der Waals surface area contributed by atoms with Gasteiger partial charge < -0.3 is 9.47 Å². The molecular formula is C20H17N3O3. The number of carbonyl (C=O) groups is 1. The maximum Gasteiger partial charge on any atom is 0.347 e. The summed E-state index contributed by atoms with van der Waals surface area (Å²) in [5.74, 6) is 0.0344. The Balaban J connectivity index is 1.53. The Morgan fingerprint density at radius 1 is 1.19 bits per heavy atom. The van der Waals surface area contributed by atoms with Crippen LogP contribution in [0.5, 0.6) is 5.75 Å². The van der Waals surface area contributed by atoms with Gasteiger partial charge in [-0.15, -0.1) is 0 Å². The van der Waals surface area contributed by atoms with Crippen molar-refractivity contribution < 1.29 is 14.3 Å². The number of para-hydroxylation sites is 1. The largest absolute Gasteiger partial charge is 0.479 e. The minimum absolute atomic E-state index is 0.118. The molecule has 0 radical (unpaired) electrons. The number of ether oxygens (including phenoxy) is 2. The summed E-state index contributed by atoms with van der Waals surface area (Å²) in [5, 5.41) is 13.0. The first kappa shape index (κ1) is 17.2. The van der Waals surface area contributed by atoms with E-state index >= 15 is 0 Å². The number of rotatable bonds is 6. The highest BCUT2D eigenvalue weighted by Gasteiger charge is 2.17. The second-order valence-electron chi connectivity index (χ2n) is 5.63. The van der Waals surface area contributed by atoms with Gasteiger partial charge in [0.25, 0.3) is 0 Å². The average molecular weight is 347 g/mol. The molecule has 1 unspecified atom stereocenters. The van der Waals surface area contributed by atoms with E-state index < -0.39 is 12.1 Å². The molecule has 3 aromatic rings.